The molecule has 4 amide bonds. The van der Waals surface area contributed by atoms with Gasteiger partial charge in [-0.05, 0) is 76.3 Å². The molecule has 0 bridgehead atoms. The second-order valence-electron chi connectivity index (χ2n) is 14.3. The molecular formula is C39H54N4O8. The smallest absolute Gasteiger partial charge is 0.408 e. The van der Waals surface area contributed by atoms with Gasteiger partial charge in [0.05, 0.1) is 12.0 Å². The first-order valence-corrected chi connectivity index (χ1v) is 17.7. The Balaban J connectivity index is 1.65. The highest BCUT2D eigenvalue weighted by atomic mass is 16.6. The summed E-state index contributed by atoms with van der Waals surface area (Å²) >= 11 is 0. The molecule has 3 rings (SSSR count). The number of rotatable bonds is 17. The van der Waals surface area contributed by atoms with Gasteiger partial charge in [0.25, 0.3) is 0 Å². The lowest BCUT2D eigenvalue weighted by atomic mass is 9.95. The van der Waals surface area contributed by atoms with Crippen molar-refractivity contribution in [1.29, 1.82) is 0 Å². The highest BCUT2D eigenvalue weighted by molar-refractivity contribution is 5.92. The van der Waals surface area contributed by atoms with E-state index in [9.17, 15) is 29.1 Å². The Bertz CT molecular complexity index is 1460. The lowest BCUT2D eigenvalue weighted by Crippen LogP contribution is -2.52. The fraction of sp³-hybridized carbons (Fsp3) is 0.513. The number of nitrogens with zero attached hydrogens (tertiary/aromatic N) is 1. The van der Waals surface area contributed by atoms with Crippen molar-refractivity contribution < 1.29 is 38.6 Å². The van der Waals surface area contributed by atoms with Gasteiger partial charge in [-0.1, -0.05) is 86.7 Å². The average molecular weight is 707 g/mol. The van der Waals surface area contributed by atoms with Crippen molar-refractivity contribution in [2.45, 2.75) is 103 Å². The summed E-state index contributed by atoms with van der Waals surface area (Å²) in [5.41, 5.74) is 1.11. The number of amides is 4. The maximum atomic E-state index is 14.2. The molecule has 4 N–H and O–H groups in total. The van der Waals surface area contributed by atoms with E-state index in [2.05, 4.69) is 16.0 Å². The van der Waals surface area contributed by atoms with Gasteiger partial charge in [-0.15, -0.1) is 0 Å². The molecule has 0 spiro atoms. The van der Waals surface area contributed by atoms with Crippen molar-refractivity contribution in [3.05, 3.63) is 83.9 Å². The predicted octanol–water partition coefficient (Wildman–Crippen LogP) is 5.61. The first-order valence-electron chi connectivity index (χ1n) is 17.7. The molecule has 0 aliphatic carbocycles. The third-order valence-corrected chi connectivity index (χ3v) is 8.22. The van der Waals surface area contributed by atoms with Gasteiger partial charge in [0.2, 0.25) is 11.8 Å². The van der Waals surface area contributed by atoms with Crippen LogP contribution in [0.2, 0.25) is 0 Å². The van der Waals surface area contributed by atoms with Crippen LogP contribution in [-0.4, -0.2) is 76.8 Å². The molecular weight excluding hydrogens is 652 g/mol. The first-order chi connectivity index (χ1) is 24.2. The van der Waals surface area contributed by atoms with E-state index in [0.717, 1.165) is 11.1 Å². The minimum atomic E-state index is -1.20. The number of carboxylic acids is 1. The lowest BCUT2D eigenvalue weighted by Gasteiger charge is -2.28. The summed E-state index contributed by atoms with van der Waals surface area (Å²) in [7, 11) is 0. The second-order valence-corrected chi connectivity index (χ2v) is 14.3. The molecule has 2 aromatic carbocycles. The van der Waals surface area contributed by atoms with Crippen molar-refractivity contribution in [2.24, 2.45) is 11.8 Å². The Morgan fingerprint density at radius 2 is 1.57 bits per heavy atom. The third-order valence-electron chi connectivity index (χ3n) is 8.22. The van der Waals surface area contributed by atoms with Gasteiger partial charge >= 0.3 is 18.2 Å². The maximum absolute atomic E-state index is 14.2. The van der Waals surface area contributed by atoms with Gasteiger partial charge in [0, 0.05) is 13.1 Å². The molecule has 1 aliphatic rings. The molecule has 1 fully saturated rings. The standard InChI is InChI=1S/C39H54N4O8/c1-27(2)24-31(41-38(49)51-39(3,4)5)21-20-30(25-28-14-8-6-9-15-28)35(45)43-23-13-19-33(43)34(44)42-32(36(46)47)18-12-22-40-37(48)50-26-29-16-10-7-11-17-29/h6-11,14-17,20-21,27,30-33H,12-13,18-19,22-26H2,1-5H3,(H,40,48)(H,41,49)(H,42,44)(H,46,47)/b21-20+/t30-,31-,32+,33+/m1/s1. The number of likely N-dealkylation sites (tertiary alicyclic amines) is 1. The number of benzene rings is 2. The molecule has 1 saturated heterocycles. The van der Waals surface area contributed by atoms with Gasteiger partial charge in [-0.2, -0.15) is 0 Å². The molecule has 0 radical (unpaired) electrons. The number of hydrogen-bond acceptors (Lipinski definition) is 7. The van der Waals surface area contributed by atoms with E-state index in [1.165, 1.54) is 4.90 Å². The van der Waals surface area contributed by atoms with Gasteiger partial charge in [-0.25, -0.2) is 14.4 Å². The molecule has 2 aromatic rings. The summed E-state index contributed by atoms with van der Waals surface area (Å²) in [6.07, 6.45) is 4.80. The largest absolute Gasteiger partial charge is 0.480 e. The molecule has 0 unspecified atom stereocenters. The normalized spacial score (nSPS) is 16.3. The quantitative estimate of drug-likeness (QED) is 0.122. The van der Waals surface area contributed by atoms with E-state index in [-0.39, 0.29) is 43.9 Å². The zero-order valence-corrected chi connectivity index (χ0v) is 30.4. The van der Waals surface area contributed by atoms with Crippen LogP contribution in [0.15, 0.2) is 72.8 Å². The van der Waals surface area contributed by atoms with Crippen LogP contribution in [0, 0.1) is 11.8 Å². The van der Waals surface area contributed by atoms with Crippen molar-refractivity contribution in [3.63, 3.8) is 0 Å². The third kappa shape index (κ3) is 14.9. The Morgan fingerprint density at radius 1 is 0.922 bits per heavy atom. The Hall–Kier alpha value is -4.87. The molecule has 0 aromatic heterocycles. The SMILES string of the molecule is CC(C)C[C@@H](/C=C/[C@H](Cc1ccccc1)C(=O)N1CCC[C@H]1C(=O)N[C@@H](CCCNC(=O)OCc1ccccc1)C(=O)O)NC(=O)OC(C)(C)C. The topological polar surface area (TPSA) is 163 Å². The van der Waals surface area contributed by atoms with E-state index < -0.39 is 47.7 Å². The molecule has 278 valence electrons. The number of nitrogens with one attached hydrogen (secondary N) is 3. The molecule has 0 saturated carbocycles. The average Bonchev–Trinajstić information content (AvgIpc) is 3.56. The van der Waals surface area contributed by atoms with Gasteiger partial charge in [-0.3, -0.25) is 9.59 Å². The fourth-order valence-corrected chi connectivity index (χ4v) is 5.84. The van der Waals surface area contributed by atoms with E-state index in [1.54, 1.807) is 26.8 Å². The molecule has 51 heavy (non-hydrogen) atoms. The highest BCUT2D eigenvalue weighted by Gasteiger charge is 2.38. The molecule has 1 aliphatic heterocycles. The van der Waals surface area contributed by atoms with Crippen LogP contribution < -0.4 is 16.0 Å². The van der Waals surface area contributed by atoms with Crippen LogP contribution >= 0.6 is 0 Å². The number of carboxylic acid groups (broad SMARTS) is 1. The number of hydrogen-bond donors (Lipinski definition) is 4. The van der Waals surface area contributed by atoms with Crippen LogP contribution in [0.3, 0.4) is 0 Å². The second kappa shape index (κ2) is 20.1. The Labute approximate surface area is 301 Å². The Kier molecular flexibility index (Phi) is 16.0. The van der Waals surface area contributed by atoms with Crippen molar-refractivity contribution in [1.82, 2.24) is 20.9 Å². The van der Waals surface area contributed by atoms with Crippen molar-refractivity contribution in [3.8, 4) is 0 Å². The van der Waals surface area contributed by atoms with E-state index in [0.29, 0.717) is 32.2 Å². The number of carbonyl (C=O) groups is 5. The molecule has 12 nitrogen and oxygen atoms in total. The monoisotopic (exact) mass is 706 g/mol. The minimum Gasteiger partial charge on any atom is -0.480 e. The fourth-order valence-electron chi connectivity index (χ4n) is 5.84. The summed E-state index contributed by atoms with van der Waals surface area (Å²) in [6.45, 7) is 10.1. The summed E-state index contributed by atoms with van der Waals surface area (Å²) in [5, 5.41) is 18.0. The highest BCUT2D eigenvalue weighted by Crippen LogP contribution is 2.24. The number of ether oxygens (including phenoxy) is 2. The lowest BCUT2D eigenvalue weighted by molar-refractivity contribution is -0.144. The predicted molar refractivity (Wildman–Crippen MR) is 194 cm³/mol. The van der Waals surface area contributed by atoms with E-state index in [1.807, 2.05) is 80.6 Å². The van der Waals surface area contributed by atoms with Gasteiger partial charge < -0.3 is 35.4 Å². The van der Waals surface area contributed by atoms with E-state index >= 15 is 0 Å². The Morgan fingerprint density at radius 3 is 2.18 bits per heavy atom. The maximum Gasteiger partial charge on any atom is 0.408 e. The number of carbonyl (C=O) groups excluding carboxylic acids is 4. The van der Waals surface area contributed by atoms with Crippen molar-refractivity contribution in [2.75, 3.05) is 13.1 Å². The molecule has 12 heteroatoms. The van der Waals surface area contributed by atoms with Crippen LogP contribution in [0.1, 0.15) is 77.8 Å². The van der Waals surface area contributed by atoms with Crippen LogP contribution in [-0.2, 0) is 36.9 Å². The molecule has 4 atom stereocenters. The first kappa shape index (κ1) is 40.6. The summed E-state index contributed by atoms with van der Waals surface area (Å²) in [5.74, 6) is -2.38. The summed E-state index contributed by atoms with van der Waals surface area (Å²) in [4.78, 5) is 66.0. The van der Waals surface area contributed by atoms with E-state index in [4.69, 9.17) is 9.47 Å². The van der Waals surface area contributed by atoms with Gasteiger partial charge in [0.1, 0.15) is 24.3 Å². The van der Waals surface area contributed by atoms with Crippen LogP contribution in [0.5, 0.6) is 0 Å². The van der Waals surface area contributed by atoms with Crippen molar-refractivity contribution >= 4 is 30.0 Å². The zero-order valence-electron chi connectivity index (χ0n) is 30.4. The van der Waals surface area contributed by atoms with Crippen LogP contribution in [0.4, 0.5) is 9.59 Å². The summed E-state index contributed by atoms with van der Waals surface area (Å²) in [6, 6.07) is 16.4. The summed E-state index contributed by atoms with van der Waals surface area (Å²) < 4.78 is 10.7. The van der Waals surface area contributed by atoms with Crippen LogP contribution in [0.25, 0.3) is 0 Å². The number of aliphatic carboxylic acids is 1. The minimum absolute atomic E-state index is 0.0714. The molecule has 1 heterocycles. The zero-order chi connectivity index (χ0) is 37.4. The number of alkyl carbamates (subject to hydrolysis) is 2. The van der Waals surface area contributed by atoms with Gasteiger partial charge in [0.15, 0.2) is 0 Å².